The van der Waals surface area contributed by atoms with Crippen LogP contribution in [0, 0.1) is 0 Å². The van der Waals surface area contributed by atoms with Crippen molar-refractivity contribution in [3.05, 3.63) is 53.4 Å². The zero-order chi connectivity index (χ0) is 16.4. The van der Waals surface area contributed by atoms with Crippen molar-refractivity contribution in [2.24, 2.45) is 0 Å². The highest BCUT2D eigenvalue weighted by molar-refractivity contribution is 5.92. The predicted molar refractivity (Wildman–Crippen MR) is 87.8 cm³/mol. The first-order chi connectivity index (χ1) is 11.8. The number of fused-ring (bicyclic) bond motifs is 1. The van der Waals surface area contributed by atoms with Crippen LogP contribution in [-0.2, 0) is 17.6 Å². The molecule has 4 rings (SSSR count). The van der Waals surface area contributed by atoms with Crippen molar-refractivity contribution in [1.82, 2.24) is 19.9 Å². The van der Waals surface area contributed by atoms with E-state index in [-0.39, 0.29) is 5.91 Å². The molecule has 1 fully saturated rings. The first-order valence-electron chi connectivity index (χ1n) is 8.43. The Morgan fingerprint density at radius 2 is 2.08 bits per heavy atom. The molecule has 1 saturated heterocycles. The van der Waals surface area contributed by atoms with Gasteiger partial charge in [0.25, 0.3) is 5.91 Å². The number of hydrogen-bond acceptors (Lipinski definition) is 5. The van der Waals surface area contributed by atoms with Crippen LogP contribution in [0.3, 0.4) is 0 Å². The molecule has 24 heavy (non-hydrogen) atoms. The summed E-state index contributed by atoms with van der Waals surface area (Å²) < 4.78 is 5.52. The fourth-order valence-corrected chi connectivity index (χ4v) is 3.51. The molecule has 2 aliphatic heterocycles. The van der Waals surface area contributed by atoms with Gasteiger partial charge >= 0.3 is 0 Å². The molecule has 2 aromatic rings. The largest absolute Gasteiger partial charge is 0.381 e. The Bertz CT molecular complexity index is 729. The Morgan fingerprint density at radius 3 is 2.88 bits per heavy atom. The number of nitrogens with zero attached hydrogens (tertiary/aromatic N) is 4. The number of pyridine rings is 1. The maximum Gasteiger partial charge on any atom is 0.272 e. The molecule has 0 radical (unpaired) electrons. The minimum atomic E-state index is -0.0119. The molecule has 1 atom stereocenters. The van der Waals surface area contributed by atoms with Crippen LogP contribution in [0.25, 0.3) is 0 Å². The van der Waals surface area contributed by atoms with Crippen LogP contribution in [0.5, 0.6) is 0 Å². The van der Waals surface area contributed by atoms with Crippen molar-refractivity contribution in [2.45, 2.75) is 25.2 Å². The van der Waals surface area contributed by atoms with Crippen molar-refractivity contribution in [1.29, 1.82) is 0 Å². The molecule has 1 unspecified atom stereocenters. The quantitative estimate of drug-likeness (QED) is 0.839. The number of amides is 1. The second kappa shape index (κ2) is 6.65. The van der Waals surface area contributed by atoms with Gasteiger partial charge in [-0.1, -0.05) is 6.07 Å². The minimum absolute atomic E-state index is 0.0119. The minimum Gasteiger partial charge on any atom is -0.381 e. The van der Waals surface area contributed by atoms with Crippen LogP contribution in [-0.4, -0.2) is 52.1 Å². The molecular formula is C18H20N4O2. The summed E-state index contributed by atoms with van der Waals surface area (Å²) in [6.45, 7) is 2.88. The first kappa shape index (κ1) is 15.2. The number of hydrogen-bond donors (Lipinski definition) is 0. The average molecular weight is 324 g/mol. The predicted octanol–water partition coefficient (Wildman–Crippen LogP) is 1.62. The monoisotopic (exact) mass is 324 g/mol. The number of carbonyl (C=O) groups excluding carboxylic acids is 1. The van der Waals surface area contributed by atoms with E-state index in [9.17, 15) is 4.79 Å². The summed E-state index contributed by atoms with van der Waals surface area (Å²) in [5.41, 5.74) is 3.90. The molecule has 0 saturated carbocycles. The third-order valence-electron chi connectivity index (χ3n) is 4.81. The van der Waals surface area contributed by atoms with Crippen LogP contribution in [0.4, 0.5) is 0 Å². The molecule has 2 aliphatic rings. The number of aromatic nitrogens is 3. The van der Waals surface area contributed by atoms with E-state index in [1.54, 1.807) is 18.6 Å². The van der Waals surface area contributed by atoms with Gasteiger partial charge in [0, 0.05) is 43.9 Å². The molecule has 0 bridgehead atoms. The van der Waals surface area contributed by atoms with Gasteiger partial charge in [-0.25, -0.2) is 9.97 Å². The maximum atomic E-state index is 12.7. The second-order valence-corrected chi connectivity index (χ2v) is 6.25. The number of rotatable bonds is 2. The third-order valence-corrected chi connectivity index (χ3v) is 4.81. The molecule has 124 valence electrons. The molecule has 4 heterocycles. The van der Waals surface area contributed by atoms with E-state index in [4.69, 9.17) is 4.74 Å². The van der Waals surface area contributed by atoms with Gasteiger partial charge in [0.2, 0.25) is 0 Å². The van der Waals surface area contributed by atoms with Crippen molar-refractivity contribution in [3.63, 3.8) is 0 Å². The Kier molecular flexibility index (Phi) is 4.21. The molecule has 0 aliphatic carbocycles. The zero-order valence-corrected chi connectivity index (χ0v) is 13.5. The van der Waals surface area contributed by atoms with E-state index in [1.165, 1.54) is 5.56 Å². The van der Waals surface area contributed by atoms with Crippen molar-refractivity contribution in [3.8, 4) is 0 Å². The summed E-state index contributed by atoms with van der Waals surface area (Å²) in [6.07, 6.45) is 5.88. The second-order valence-electron chi connectivity index (χ2n) is 6.25. The van der Waals surface area contributed by atoms with Crippen molar-refractivity contribution < 1.29 is 9.53 Å². The van der Waals surface area contributed by atoms with Gasteiger partial charge in [0.1, 0.15) is 12.0 Å². The Hall–Kier alpha value is -2.34. The van der Waals surface area contributed by atoms with Gasteiger partial charge in [-0.2, -0.15) is 0 Å². The lowest BCUT2D eigenvalue weighted by molar-refractivity contribution is 0.0757. The molecule has 1 amide bonds. The van der Waals surface area contributed by atoms with Gasteiger partial charge in [-0.05, 0) is 30.5 Å². The van der Waals surface area contributed by atoms with Gasteiger partial charge in [-0.3, -0.25) is 9.78 Å². The van der Waals surface area contributed by atoms with Crippen LogP contribution >= 0.6 is 0 Å². The number of ether oxygens (including phenoxy) is 1. The topological polar surface area (TPSA) is 68.2 Å². The lowest BCUT2D eigenvalue weighted by atomic mass is 9.96. The third kappa shape index (κ3) is 2.89. The van der Waals surface area contributed by atoms with Gasteiger partial charge in [-0.15, -0.1) is 0 Å². The molecule has 6 heteroatoms. The van der Waals surface area contributed by atoms with E-state index < -0.39 is 0 Å². The summed E-state index contributed by atoms with van der Waals surface area (Å²) in [4.78, 5) is 27.7. The fourth-order valence-electron chi connectivity index (χ4n) is 3.51. The zero-order valence-electron chi connectivity index (χ0n) is 13.5. The summed E-state index contributed by atoms with van der Waals surface area (Å²) in [7, 11) is 0. The SMILES string of the molecule is O=C(c1ccccn1)N1CCc2ncnc(C3CCOC3)c2CC1. The van der Waals surface area contributed by atoms with Crippen molar-refractivity contribution in [2.75, 3.05) is 26.3 Å². The van der Waals surface area contributed by atoms with Gasteiger partial charge < -0.3 is 9.64 Å². The average Bonchev–Trinajstić information content (AvgIpc) is 3.08. The summed E-state index contributed by atoms with van der Waals surface area (Å²) >= 11 is 0. The van der Waals surface area contributed by atoms with E-state index in [0.717, 1.165) is 43.9 Å². The highest BCUT2D eigenvalue weighted by atomic mass is 16.5. The summed E-state index contributed by atoms with van der Waals surface area (Å²) in [6, 6.07) is 5.43. The maximum absolute atomic E-state index is 12.7. The summed E-state index contributed by atoms with van der Waals surface area (Å²) in [5, 5.41) is 0. The molecular weight excluding hydrogens is 304 g/mol. The van der Waals surface area contributed by atoms with Crippen LogP contribution in [0.2, 0.25) is 0 Å². The lowest BCUT2D eigenvalue weighted by Crippen LogP contribution is -2.33. The van der Waals surface area contributed by atoms with Crippen LogP contribution < -0.4 is 0 Å². The first-order valence-corrected chi connectivity index (χ1v) is 8.43. The molecule has 0 N–H and O–H groups in total. The standard InChI is InChI=1S/C18H20N4O2/c23-18(16-3-1-2-7-19-16)22-8-4-14-15(5-9-22)20-12-21-17(14)13-6-10-24-11-13/h1-3,7,12-13H,4-6,8-11H2. The summed E-state index contributed by atoms with van der Waals surface area (Å²) in [5.74, 6) is 0.349. The van der Waals surface area contributed by atoms with Crippen LogP contribution in [0.15, 0.2) is 30.7 Å². The molecule has 2 aromatic heterocycles. The Balaban J connectivity index is 1.56. The highest BCUT2D eigenvalue weighted by Gasteiger charge is 2.27. The Labute approximate surface area is 140 Å². The van der Waals surface area contributed by atoms with Crippen LogP contribution in [0.1, 0.15) is 39.8 Å². The molecule has 6 nitrogen and oxygen atoms in total. The number of carbonyl (C=O) groups is 1. The van der Waals surface area contributed by atoms with E-state index >= 15 is 0 Å². The Morgan fingerprint density at radius 1 is 1.17 bits per heavy atom. The normalized spacial score (nSPS) is 20.5. The van der Waals surface area contributed by atoms with Crippen molar-refractivity contribution >= 4 is 5.91 Å². The van der Waals surface area contributed by atoms with E-state index in [2.05, 4.69) is 15.0 Å². The lowest BCUT2D eigenvalue weighted by Gasteiger charge is -2.19. The molecule has 0 spiro atoms. The van der Waals surface area contributed by atoms with E-state index in [0.29, 0.717) is 24.7 Å². The fraction of sp³-hybridized carbons (Fsp3) is 0.444. The van der Waals surface area contributed by atoms with E-state index in [1.807, 2.05) is 17.0 Å². The molecule has 0 aromatic carbocycles. The smallest absolute Gasteiger partial charge is 0.272 e. The highest BCUT2D eigenvalue weighted by Crippen LogP contribution is 2.29. The van der Waals surface area contributed by atoms with Gasteiger partial charge in [0.05, 0.1) is 12.3 Å². The van der Waals surface area contributed by atoms with Gasteiger partial charge in [0.15, 0.2) is 0 Å².